The minimum absolute atomic E-state index is 0.137. The molecule has 1 saturated heterocycles. The van der Waals surface area contributed by atoms with Gasteiger partial charge in [0.25, 0.3) is 11.8 Å². The lowest BCUT2D eigenvalue weighted by atomic mass is 9.87. The molecule has 1 spiro atoms. The number of carbonyl (C=O) groups is 2. The summed E-state index contributed by atoms with van der Waals surface area (Å²) in [6.45, 7) is 1.18. The third kappa shape index (κ3) is 4.35. The highest BCUT2D eigenvalue weighted by Gasteiger charge is 2.43. The molecular formula is C27H24FN5O4. The summed E-state index contributed by atoms with van der Waals surface area (Å²) in [6, 6.07) is 16.6. The molecule has 188 valence electrons. The number of para-hydroxylation sites is 2. The van der Waals surface area contributed by atoms with E-state index < -0.39 is 5.60 Å². The quantitative estimate of drug-likeness (QED) is 0.459. The number of hydrogen-bond donors (Lipinski definition) is 1. The Hall–Kier alpha value is -4.47. The lowest BCUT2D eigenvalue weighted by Crippen LogP contribution is -2.51. The van der Waals surface area contributed by atoms with Gasteiger partial charge in [0.05, 0.1) is 18.5 Å². The highest BCUT2D eigenvalue weighted by atomic mass is 19.1. The van der Waals surface area contributed by atoms with Crippen molar-refractivity contribution in [3.63, 3.8) is 0 Å². The van der Waals surface area contributed by atoms with Crippen molar-refractivity contribution in [1.82, 2.24) is 25.0 Å². The van der Waals surface area contributed by atoms with Crippen LogP contribution < -0.4 is 10.1 Å². The number of nitrogens with one attached hydrogen (secondary N) is 1. The van der Waals surface area contributed by atoms with Crippen molar-refractivity contribution in [3.05, 3.63) is 95.7 Å². The Morgan fingerprint density at radius 2 is 1.78 bits per heavy atom. The van der Waals surface area contributed by atoms with Crippen molar-refractivity contribution in [2.45, 2.75) is 31.4 Å². The summed E-state index contributed by atoms with van der Waals surface area (Å²) in [4.78, 5) is 27.8. The number of rotatable bonds is 4. The van der Waals surface area contributed by atoms with Gasteiger partial charge in [-0.05, 0) is 48.5 Å². The second kappa shape index (κ2) is 9.20. The van der Waals surface area contributed by atoms with Crippen LogP contribution in [0.25, 0.3) is 5.69 Å². The number of nitrogens with zero attached hydrogens (tertiary/aromatic N) is 4. The predicted molar refractivity (Wildman–Crippen MR) is 130 cm³/mol. The van der Waals surface area contributed by atoms with Crippen molar-refractivity contribution < 1.29 is 23.1 Å². The van der Waals surface area contributed by atoms with Crippen LogP contribution in [0.4, 0.5) is 4.39 Å². The lowest BCUT2D eigenvalue weighted by molar-refractivity contribution is 0.00474. The van der Waals surface area contributed by atoms with E-state index in [2.05, 4.69) is 15.5 Å². The average molecular weight is 502 g/mol. The van der Waals surface area contributed by atoms with Gasteiger partial charge in [-0.1, -0.05) is 12.1 Å². The minimum Gasteiger partial charge on any atom is -0.484 e. The predicted octanol–water partition coefficient (Wildman–Crippen LogP) is 3.54. The maximum atomic E-state index is 13.3. The first-order valence-electron chi connectivity index (χ1n) is 12.1. The molecule has 6 rings (SSSR count). The minimum atomic E-state index is -0.612. The number of piperidine rings is 1. The molecular weight excluding hydrogens is 477 g/mol. The molecule has 37 heavy (non-hydrogen) atoms. The molecule has 4 aromatic rings. The Labute approximate surface area is 211 Å². The Bertz CT molecular complexity index is 1440. The second-order valence-corrected chi connectivity index (χ2v) is 9.27. The van der Waals surface area contributed by atoms with E-state index in [1.807, 2.05) is 24.3 Å². The zero-order valence-corrected chi connectivity index (χ0v) is 19.9. The monoisotopic (exact) mass is 501 g/mol. The van der Waals surface area contributed by atoms with Gasteiger partial charge in [-0.15, -0.1) is 10.2 Å². The normalized spacial score (nSPS) is 15.9. The first-order valence-corrected chi connectivity index (χ1v) is 12.1. The molecule has 2 aromatic carbocycles. The number of benzene rings is 2. The van der Waals surface area contributed by atoms with Crippen molar-refractivity contribution in [1.29, 1.82) is 0 Å². The molecule has 0 saturated carbocycles. The van der Waals surface area contributed by atoms with Gasteiger partial charge in [-0.25, -0.2) is 4.39 Å². The molecule has 1 fully saturated rings. The molecule has 9 nitrogen and oxygen atoms in total. The fourth-order valence-electron chi connectivity index (χ4n) is 4.95. The fraction of sp³-hybridized carbons (Fsp3) is 0.259. The molecule has 2 aliphatic rings. The highest BCUT2D eigenvalue weighted by Crippen LogP contribution is 2.39. The maximum absolute atomic E-state index is 13.3. The number of halogens is 1. The van der Waals surface area contributed by atoms with E-state index in [1.54, 1.807) is 27.9 Å². The number of carbonyl (C=O) groups excluding carboxylic acids is 2. The average Bonchev–Trinajstić information content (AvgIpc) is 3.56. The Morgan fingerprint density at radius 3 is 2.54 bits per heavy atom. The Kier molecular flexibility index (Phi) is 5.71. The molecule has 0 aliphatic carbocycles. The summed E-state index contributed by atoms with van der Waals surface area (Å²) in [5.41, 5.74) is 0.528. The molecule has 0 unspecified atom stereocenters. The van der Waals surface area contributed by atoms with Crippen LogP contribution in [0.1, 0.15) is 45.4 Å². The molecule has 2 aliphatic heterocycles. The van der Waals surface area contributed by atoms with E-state index >= 15 is 0 Å². The molecule has 2 aromatic heterocycles. The molecule has 0 atom stereocenters. The van der Waals surface area contributed by atoms with Crippen molar-refractivity contribution in [2.24, 2.45) is 0 Å². The number of fused-ring (bicyclic) bond motifs is 3. The largest absolute Gasteiger partial charge is 0.484 e. The molecule has 0 bridgehead atoms. The topological polar surface area (TPSA) is 102 Å². The van der Waals surface area contributed by atoms with Crippen molar-refractivity contribution in [2.75, 3.05) is 13.1 Å². The number of furan rings is 1. The van der Waals surface area contributed by atoms with E-state index in [0.717, 1.165) is 0 Å². The van der Waals surface area contributed by atoms with Crippen LogP contribution in [0.5, 0.6) is 5.75 Å². The van der Waals surface area contributed by atoms with Gasteiger partial charge < -0.3 is 19.4 Å². The highest BCUT2D eigenvalue weighted by molar-refractivity contribution is 5.94. The fourth-order valence-corrected chi connectivity index (χ4v) is 4.95. The molecule has 1 N–H and O–H groups in total. The first-order chi connectivity index (χ1) is 18.0. The first kappa shape index (κ1) is 23.0. The zero-order chi connectivity index (χ0) is 25.4. The number of ether oxygens (including phenoxy) is 1. The summed E-state index contributed by atoms with van der Waals surface area (Å²) in [6.07, 6.45) is 3.12. The Balaban J connectivity index is 1.25. The smallest absolute Gasteiger partial charge is 0.289 e. The SMILES string of the molecule is O=C(NCc1ccco1)c1nnc2n1-c1ccccc1OC1(CCN(C(=O)c3ccc(F)cc3)CC1)C2. The Morgan fingerprint density at radius 1 is 1.00 bits per heavy atom. The summed E-state index contributed by atoms with van der Waals surface area (Å²) in [5.74, 6) is 1.15. The van der Waals surface area contributed by atoms with Crippen LogP contribution in [0.2, 0.25) is 0 Å². The van der Waals surface area contributed by atoms with Gasteiger partial charge in [0, 0.05) is 37.9 Å². The second-order valence-electron chi connectivity index (χ2n) is 9.27. The van der Waals surface area contributed by atoms with Crippen LogP contribution in [-0.2, 0) is 13.0 Å². The molecule has 2 amide bonds. The van der Waals surface area contributed by atoms with E-state index in [9.17, 15) is 14.0 Å². The van der Waals surface area contributed by atoms with Crippen LogP contribution >= 0.6 is 0 Å². The summed E-state index contributed by atoms with van der Waals surface area (Å²) in [5, 5.41) is 11.4. The third-order valence-electron chi connectivity index (χ3n) is 6.90. The number of amides is 2. The van der Waals surface area contributed by atoms with E-state index in [4.69, 9.17) is 9.15 Å². The van der Waals surface area contributed by atoms with Crippen LogP contribution in [0.3, 0.4) is 0 Å². The zero-order valence-electron chi connectivity index (χ0n) is 19.9. The van der Waals surface area contributed by atoms with Crippen molar-refractivity contribution in [3.8, 4) is 11.4 Å². The molecule has 4 heterocycles. The molecule has 0 radical (unpaired) electrons. The standard InChI is InChI=1S/C27H24FN5O4/c28-19-9-7-18(8-10-19)26(35)32-13-11-27(12-14-32)16-23-30-31-24(25(34)29-17-20-4-3-15-36-20)33(23)21-5-1-2-6-22(21)37-27/h1-10,15H,11-14,16-17H2,(H,29,34). The van der Waals surface area contributed by atoms with Gasteiger partial charge in [0.2, 0.25) is 5.82 Å². The van der Waals surface area contributed by atoms with Gasteiger partial charge in [0.1, 0.15) is 28.8 Å². The van der Waals surface area contributed by atoms with E-state index in [-0.39, 0.29) is 30.0 Å². The van der Waals surface area contributed by atoms with Crippen molar-refractivity contribution >= 4 is 11.8 Å². The number of aromatic nitrogens is 3. The van der Waals surface area contributed by atoms with Crippen LogP contribution in [0, 0.1) is 5.82 Å². The summed E-state index contributed by atoms with van der Waals surface area (Å²) < 4.78 is 26.9. The number of likely N-dealkylation sites (tertiary alicyclic amines) is 1. The maximum Gasteiger partial charge on any atom is 0.289 e. The van der Waals surface area contributed by atoms with Crippen LogP contribution in [-0.4, -0.2) is 50.2 Å². The number of hydrogen-bond acceptors (Lipinski definition) is 6. The third-order valence-corrected chi connectivity index (χ3v) is 6.90. The van der Waals surface area contributed by atoms with Gasteiger partial charge in [-0.2, -0.15) is 0 Å². The van der Waals surface area contributed by atoms with E-state index in [1.165, 1.54) is 24.3 Å². The summed E-state index contributed by atoms with van der Waals surface area (Å²) in [7, 11) is 0. The van der Waals surface area contributed by atoms with Gasteiger partial charge in [-0.3, -0.25) is 14.2 Å². The van der Waals surface area contributed by atoms with E-state index in [0.29, 0.717) is 60.9 Å². The summed E-state index contributed by atoms with van der Waals surface area (Å²) >= 11 is 0. The molecule has 10 heteroatoms. The van der Waals surface area contributed by atoms with Gasteiger partial charge in [0.15, 0.2) is 0 Å². The van der Waals surface area contributed by atoms with Crippen LogP contribution in [0.15, 0.2) is 71.3 Å². The van der Waals surface area contributed by atoms with Gasteiger partial charge >= 0.3 is 0 Å². The lowest BCUT2D eigenvalue weighted by Gasteiger charge is -2.41.